The van der Waals surface area contributed by atoms with Crippen molar-refractivity contribution >= 4 is 36.4 Å². The fourth-order valence-corrected chi connectivity index (χ4v) is 1.42. The lowest BCUT2D eigenvalue weighted by Gasteiger charge is -2.17. The molecule has 0 heterocycles. The van der Waals surface area contributed by atoms with Gasteiger partial charge in [0.25, 0.3) is 0 Å². The van der Waals surface area contributed by atoms with Crippen LogP contribution in [0.3, 0.4) is 0 Å². The van der Waals surface area contributed by atoms with E-state index in [2.05, 4.69) is 23.7 Å². The van der Waals surface area contributed by atoms with Crippen LogP contribution < -0.4 is 26.6 Å². The first-order valence-electron chi connectivity index (χ1n) is 5.69. The highest BCUT2D eigenvalue weighted by atomic mass is 32.1. The third kappa shape index (κ3) is 7.59. The highest BCUT2D eigenvalue weighted by Crippen LogP contribution is 1.95. The van der Waals surface area contributed by atoms with E-state index in [-0.39, 0.29) is 18.6 Å². The normalized spacial score (nSPS) is 13.1. The summed E-state index contributed by atoms with van der Waals surface area (Å²) in [6, 6.07) is -2.04. The summed E-state index contributed by atoms with van der Waals surface area (Å²) in [5, 5.41) is 24.9. The van der Waals surface area contributed by atoms with Crippen LogP contribution in [0.15, 0.2) is 0 Å². The van der Waals surface area contributed by atoms with E-state index in [9.17, 15) is 29.4 Å². The number of nitrogens with one attached hydrogen (secondary N) is 2. The Morgan fingerprint density at radius 2 is 1.80 bits per heavy atom. The maximum absolute atomic E-state index is 11.5. The highest BCUT2D eigenvalue weighted by Gasteiger charge is 2.19. The molecular formula is C10H16N3O6S-. The molecule has 0 aliphatic rings. The van der Waals surface area contributed by atoms with Gasteiger partial charge in [0.1, 0.15) is 12.1 Å². The average molecular weight is 306 g/mol. The molecule has 0 aromatic heterocycles. The number of carbonyl (C=O) groups is 4. The molecule has 0 unspecified atom stereocenters. The molecule has 5 N–H and O–H groups in total. The van der Waals surface area contributed by atoms with Gasteiger partial charge in [0.15, 0.2) is 0 Å². The van der Waals surface area contributed by atoms with E-state index in [1.165, 1.54) is 0 Å². The zero-order valence-electron chi connectivity index (χ0n) is 10.6. The third-order valence-electron chi connectivity index (χ3n) is 2.29. The van der Waals surface area contributed by atoms with Crippen LogP contribution >= 0.6 is 12.6 Å². The topological polar surface area (TPSA) is 166 Å². The van der Waals surface area contributed by atoms with Gasteiger partial charge in [-0.25, -0.2) is 0 Å². The zero-order valence-corrected chi connectivity index (χ0v) is 11.5. The van der Waals surface area contributed by atoms with Crippen molar-refractivity contribution in [2.45, 2.75) is 24.9 Å². The second-order valence-electron chi connectivity index (χ2n) is 3.95. The number of carbonyl (C=O) groups excluding carboxylic acids is 4. The minimum absolute atomic E-state index is 0.0336. The van der Waals surface area contributed by atoms with Crippen molar-refractivity contribution in [3.05, 3.63) is 0 Å². The maximum Gasteiger partial charge on any atom is 0.243 e. The molecule has 0 aromatic rings. The Labute approximate surface area is 120 Å². The molecule has 0 radical (unpaired) electrons. The molecule has 20 heavy (non-hydrogen) atoms. The fourth-order valence-electron chi connectivity index (χ4n) is 1.17. The van der Waals surface area contributed by atoms with Gasteiger partial charge in [0.05, 0.1) is 18.5 Å². The molecule has 0 saturated heterocycles. The molecular weight excluding hydrogens is 290 g/mol. The lowest BCUT2D eigenvalue weighted by molar-refractivity contribution is -0.438. The van der Waals surface area contributed by atoms with Crippen LogP contribution in [0.5, 0.6) is 0 Å². The first-order chi connectivity index (χ1) is 9.27. The Morgan fingerprint density at radius 3 is 2.25 bits per heavy atom. The SMILES string of the molecule is [NH3+][C@H](CCC(=O)N[C@H](CS)C(=O)NCC(=O)[O-])C(=O)[O-]. The van der Waals surface area contributed by atoms with Crippen molar-refractivity contribution < 1.29 is 35.1 Å². The van der Waals surface area contributed by atoms with Gasteiger partial charge in [0.2, 0.25) is 11.8 Å². The van der Waals surface area contributed by atoms with Gasteiger partial charge in [-0.15, -0.1) is 0 Å². The number of hydrogen-bond acceptors (Lipinski definition) is 7. The van der Waals surface area contributed by atoms with Crippen LogP contribution in [0.25, 0.3) is 0 Å². The minimum atomic E-state index is -1.46. The van der Waals surface area contributed by atoms with Gasteiger partial charge in [0, 0.05) is 18.6 Å². The van der Waals surface area contributed by atoms with E-state index < -0.39 is 42.4 Å². The number of thiol groups is 1. The number of carboxylic acid groups (broad SMARTS) is 2. The summed E-state index contributed by atoms with van der Waals surface area (Å²) in [6.07, 6.45) is -0.186. The Kier molecular flexibility index (Phi) is 8.32. The molecule has 9 nitrogen and oxygen atoms in total. The van der Waals surface area contributed by atoms with E-state index >= 15 is 0 Å². The molecule has 2 amide bonds. The smallest absolute Gasteiger partial charge is 0.243 e. The number of aliphatic carboxylic acids is 2. The molecule has 0 rings (SSSR count). The first kappa shape index (κ1) is 18.2. The van der Waals surface area contributed by atoms with Crippen LogP contribution in [-0.4, -0.2) is 48.1 Å². The van der Waals surface area contributed by atoms with E-state index in [0.29, 0.717) is 0 Å². The van der Waals surface area contributed by atoms with Crippen molar-refractivity contribution in [1.82, 2.24) is 10.6 Å². The summed E-state index contributed by atoms with van der Waals surface area (Å²) in [5.41, 5.74) is 3.28. The Hall–Kier alpha value is -1.81. The predicted molar refractivity (Wildman–Crippen MR) is 64.7 cm³/mol. The molecule has 0 saturated carbocycles. The van der Waals surface area contributed by atoms with Gasteiger partial charge in [-0.05, 0) is 0 Å². The summed E-state index contributed by atoms with van der Waals surface area (Å²) < 4.78 is 0. The molecule has 0 fully saturated rings. The van der Waals surface area contributed by atoms with Crippen LogP contribution in [-0.2, 0) is 19.2 Å². The molecule has 0 spiro atoms. The molecule has 0 aliphatic heterocycles. The number of amides is 2. The molecule has 10 heteroatoms. The van der Waals surface area contributed by atoms with E-state index in [1.54, 1.807) is 0 Å². The van der Waals surface area contributed by atoms with Gasteiger partial charge in [-0.2, -0.15) is 12.6 Å². The second kappa shape index (κ2) is 9.15. The van der Waals surface area contributed by atoms with Crippen molar-refractivity contribution in [1.29, 1.82) is 0 Å². The van der Waals surface area contributed by atoms with Crippen LogP contribution in [0, 0.1) is 0 Å². The van der Waals surface area contributed by atoms with E-state index in [0.717, 1.165) is 0 Å². The Morgan fingerprint density at radius 1 is 1.20 bits per heavy atom. The molecule has 0 bridgehead atoms. The van der Waals surface area contributed by atoms with Crippen LogP contribution in [0.1, 0.15) is 12.8 Å². The number of rotatable bonds is 9. The Balaban J connectivity index is 4.21. The third-order valence-corrected chi connectivity index (χ3v) is 2.66. The largest absolute Gasteiger partial charge is 0.548 e. The summed E-state index contributed by atoms with van der Waals surface area (Å²) in [7, 11) is 0. The summed E-state index contributed by atoms with van der Waals surface area (Å²) in [4.78, 5) is 43.5. The van der Waals surface area contributed by atoms with Crippen molar-refractivity contribution in [2.75, 3.05) is 12.3 Å². The van der Waals surface area contributed by atoms with Crippen LogP contribution in [0.2, 0.25) is 0 Å². The molecule has 0 aliphatic carbocycles. The van der Waals surface area contributed by atoms with Crippen molar-refractivity contribution in [3.63, 3.8) is 0 Å². The number of hydrogen-bond donors (Lipinski definition) is 4. The minimum Gasteiger partial charge on any atom is -0.548 e. The van der Waals surface area contributed by atoms with Gasteiger partial charge in [-0.1, -0.05) is 0 Å². The van der Waals surface area contributed by atoms with E-state index in [4.69, 9.17) is 0 Å². The summed E-state index contributed by atoms with van der Waals surface area (Å²) in [5.74, 6) is -4.16. The number of carboxylic acids is 2. The van der Waals surface area contributed by atoms with Gasteiger partial charge >= 0.3 is 0 Å². The van der Waals surface area contributed by atoms with Crippen LogP contribution in [0.4, 0.5) is 0 Å². The van der Waals surface area contributed by atoms with Gasteiger partial charge in [-0.3, -0.25) is 9.59 Å². The standard InChI is InChI=1S/C10H17N3O6S/c11-5(10(18)19)1-2-7(14)13-6(4-20)9(17)12-3-8(15)16/h5-6,20H,1-4,11H2,(H,12,17)(H,13,14)(H,15,16)(H,18,19)/p-1/t5-,6-/m1/s1. The second-order valence-corrected chi connectivity index (χ2v) is 4.31. The summed E-state index contributed by atoms with van der Waals surface area (Å²) >= 11 is 3.86. The fraction of sp³-hybridized carbons (Fsp3) is 0.600. The van der Waals surface area contributed by atoms with Crippen molar-refractivity contribution in [3.8, 4) is 0 Å². The lowest BCUT2D eigenvalue weighted by Crippen LogP contribution is -2.68. The predicted octanol–water partition coefficient (Wildman–Crippen LogP) is -5.59. The van der Waals surface area contributed by atoms with Gasteiger partial charge < -0.3 is 36.2 Å². The lowest BCUT2D eigenvalue weighted by atomic mass is 10.1. The average Bonchev–Trinajstić information content (AvgIpc) is 2.38. The molecule has 2 atom stereocenters. The summed E-state index contributed by atoms with van der Waals surface area (Å²) in [6.45, 7) is -0.676. The van der Waals surface area contributed by atoms with E-state index in [1.807, 2.05) is 5.32 Å². The molecule has 0 aromatic carbocycles. The maximum atomic E-state index is 11.5. The zero-order chi connectivity index (χ0) is 15.7. The van der Waals surface area contributed by atoms with Crippen molar-refractivity contribution in [2.24, 2.45) is 0 Å². The quantitative estimate of drug-likeness (QED) is 0.310. The number of quaternary nitrogens is 1. The highest BCUT2D eigenvalue weighted by molar-refractivity contribution is 7.80. The monoisotopic (exact) mass is 306 g/mol. The Bertz CT molecular complexity index is 389. The molecule has 114 valence electrons. The first-order valence-corrected chi connectivity index (χ1v) is 6.32.